The number of benzene rings is 1. The molecule has 0 aliphatic rings. The molecule has 3 nitrogen and oxygen atoms in total. The lowest BCUT2D eigenvalue weighted by Gasteiger charge is -2.11. The summed E-state index contributed by atoms with van der Waals surface area (Å²) in [5, 5.41) is 0. The van der Waals surface area contributed by atoms with Crippen LogP contribution in [0.2, 0.25) is 0 Å². The van der Waals surface area contributed by atoms with Crippen LogP contribution in [0.25, 0.3) is 0 Å². The molecule has 0 fully saturated rings. The molecule has 0 spiro atoms. The first-order valence-electron chi connectivity index (χ1n) is 4.20. The highest BCUT2D eigenvalue weighted by Gasteiger charge is 2.18. The minimum atomic E-state index is -3.06. The molecule has 0 amide bonds. The smallest absolute Gasteiger partial charge is 0.387 e. The first-order valence-corrected chi connectivity index (χ1v) is 5.00. The van der Waals surface area contributed by atoms with E-state index in [0.29, 0.717) is 6.29 Å². The van der Waals surface area contributed by atoms with Crippen LogP contribution in [0.5, 0.6) is 5.75 Å². The van der Waals surface area contributed by atoms with Gasteiger partial charge in [0.1, 0.15) is 0 Å². The van der Waals surface area contributed by atoms with Crippen LogP contribution in [0.3, 0.4) is 0 Å². The van der Waals surface area contributed by atoms with E-state index in [4.69, 9.17) is 0 Å². The summed E-state index contributed by atoms with van der Waals surface area (Å²) < 4.78 is 28.5. The molecule has 86 valence electrons. The predicted molar refractivity (Wildman–Crippen MR) is 56.2 cm³/mol. The maximum Gasteiger partial charge on any atom is 0.387 e. The van der Waals surface area contributed by atoms with Crippen molar-refractivity contribution < 1.29 is 23.1 Å². The third kappa shape index (κ3) is 2.63. The second-order valence-electron chi connectivity index (χ2n) is 2.90. The second-order valence-corrected chi connectivity index (χ2v) is 3.69. The Morgan fingerprint density at radius 2 is 2.12 bits per heavy atom. The summed E-state index contributed by atoms with van der Waals surface area (Å²) in [6.07, 6.45) is 0.381. The van der Waals surface area contributed by atoms with Gasteiger partial charge in [0.25, 0.3) is 0 Å². The van der Waals surface area contributed by atoms with Crippen LogP contribution in [-0.4, -0.2) is 18.7 Å². The van der Waals surface area contributed by atoms with Crippen LogP contribution < -0.4 is 4.74 Å². The number of hydrogen-bond acceptors (Lipinski definition) is 3. The number of halogens is 3. The molecule has 1 aromatic carbocycles. The Morgan fingerprint density at radius 1 is 1.50 bits per heavy atom. The normalized spacial score (nSPS) is 10.3. The Morgan fingerprint density at radius 3 is 2.56 bits per heavy atom. The van der Waals surface area contributed by atoms with Gasteiger partial charge in [0.2, 0.25) is 0 Å². The van der Waals surface area contributed by atoms with Gasteiger partial charge in [0, 0.05) is 5.56 Å². The van der Waals surface area contributed by atoms with Crippen molar-refractivity contribution in [3.8, 4) is 5.75 Å². The molecule has 0 bridgehead atoms. The summed E-state index contributed by atoms with van der Waals surface area (Å²) in [4.78, 5) is 21.8. The molecule has 0 aliphatic heterocycles. The van der Waals surface area contributed by atoms with Gasteiger partial charge in [-0.25, -0.2) is 0 Å². The van der Waals surface area contributed by atoms with Crippen molar-refractivity contribution in [2.45, 2.75) is 13.5 Å². The van der Waals surface area contributed by atoms with E-state index in [1.54, 1.807) is 0 Å². The molecule has 0 atom stereocenters. The van der Waals surface area contributed by atoms with Crippen molar-refractivity contribution in [3.63, 3.8) is 0 Å². The molecule has 1 rings (SSSR count). The fourth-order valence-electron chi connectivity index (χ4n) is 1.14. The van der Waals surface area contributed by atoms with Gasteiger partial charge >= 0.3 is 6.61 Å². The van der Waals surface area contributed by atoms with Gasteiger partial charge in [-0.05, 0) is 35.0 Å². The van der Waals surface area contributed by atoms with Crippen molar-refractivity contribution in [2.24, 2.45) is 0 Å². The molecule has 1 aromatic rings. The molecule has 0 saturated heterocycles. The molecule has 0 aromatic heterocycles. The molecule has 0 saturated carbocycles. The lowest BCUT2D eigenvalue weighted by molar-refractivity contribution is -0.0506. The van der Waals surface area contributed by atoms with E-state index in [0.717, 1.165) is 0 Å². The van der Waals surface area contributed by atoms with Crippen LogP contribution in [0, 0.1) is 0 Å². The number of carbonyl (C=O) groups is 2. The van der Waals surface area contributed by atoms with Crippen LogP contribution in [-0.2, 0) is 0 Å². The summed E-state index contributed by atoms with van der Waals surface area (Å²) >= 11 is 2.96. The summed E-state index contributed by atoms with van der Waals surface area (Å²) in [5.41, 5.74) is 0.137. The Labute approximate surface area is 98.5 Å². The zero-order chi connectivity index (χ0) is 12.3. The van der Waals surface area contributed by atoms with Crippen molar-refractivity contribution in [1.82, 2.24) is 0 Å². The number of alkyl halides is 2. The van der Waals surface area contributed by atoms with E-state index >= 15 is 0 Å². The molecular formula is C10H7BrF2O3. The first-order chi connectivity index (χ1) is 7.47. The van der Waals surface area contributed by atoms with E-state index in [2.05, 4.69) is 20.7 Å². The lowest BCUT2D eigenvalue weighted by atomic mass is 10.1. The number of aldehydes is 1. The molecule has 0 aliphatic carbocycles. The highest BCUT2D eigenvalue weighted by molar-refractivity contribution is 9.10. The van der Waals surface area contributed by atoms with Gasteiger partial charge in [0.15, 0.2) is 17.8 Å². The average Bonchev–Trinajstić information content (AvgIpc) is 2.19. The average molecular weight is 293 g/mol. The summed E-state index contributed by atoms with van der Waals surface area (Å²) in [7, 11) is 0. The Balaban J connectivity index is 3.34. The number of hydrogen-bond donors (Lipinski definition) is 0. The maximum atomic E-state index is 12.1. The summed E-state index contributed by atoms with van der Waals surface area (Å²) in [6.45, 7) is -1.77. The lowest BCUT2D eigenvalue weighted by Crippen LogP contribution is -2.07. The Hall–Kier alpha value is -1.30. The van der Waals surface area contributed by atoms with Crippen molar-refractivity contribution in [1.29, 1.82) is 0 Å². The zero-order valence-corrected chi connectivity index (χ0v) is 9.75. The topological polar surface area (TPSA) is 43.4 Å². The predicted octanol–water partition coefficient (Wildman–Crippen LogP) is 3.07. The quantitative estimate of drug-likeness (QED) is 0.633. The van der Waals surface area contributed by atoms with E-state index in [9.17, 15) is 18.4 Å². The number of rotatable bonds is 4. The van der Waals surface area contributed by atoms with E-state index < -0.39 is 6.61 Å². The van der Waals surface area contributed by atoms with Gasteiger partial charge in [-0.15, -0.1) is 0 Å². The SMILES string of the molecule is CC(=O)c1ccc(C=O)c(OC(F)F)c1Br. The van der Waals surface area contributed by atoms with Gasteiger partial charge in [-0.2, -0.15) is 8.78 Å². The Kier molecular flexibility index (Phi) is 4.12. The molecule has 0 radical (unpaired) electrons. The molecule has 6 heteroatoms. The molecule has 0 unspecified atom stereocenters. The molecule has 16 heavy (non-hydrogen) atoms. The van der Waals surface area contributed by atoms with Crippen LogP contribution in [0.4, 0.5) is 8.78 Å². The van der Waals surface area contributed by atoms with E-state index in [1.807, 2.05) is 0 Å². The third-order valence-corrected chi connectivity index (χ3v) is 2.63. The van der Waals surface area contributed by atoms with Crippen molar-refractivity contribution >= 4 is 28.0 Å². The van der Waals surface area contributed by atoms with Crippen molar-refractivity contribution in [3.05, 3.63) is 27.7 Å². The molecule has 0 heterocycles. The van der Waals surface area contributed by atoms with E-state index in [-0.39, 0.29) is 27.1 Å². The Bertz CT molecular complexity index is 432. The van der Waals surface area contributed by atoms with Crippen LogP contribution >= 0.6 is 15.9 Å². The van der Waals surface area contributed by atoms with Gasteiger partial charge in [-0.1, -0.05) is 0 Å². The monoisotopic (exact) mass is 292 g/mol. The third-order valence-electron chi connectivity index (χ3n) is 1.84. The standard InChI is InChI=1S/C10H7BrF2O3/c1-5(15)7-3-2-6(4-14)9(8(7)11)16-10(12)13/h2-4,10H,1H3. The van der Waals surface area contributed by atoms with Crippen LogP contribution in [0.15, 0.2) is 16.6 Å². The summed E-state index contributed by atoms with van der Waals surface area (Å²) in [5.74, 6) is -0.638. The van der Waals surface area contributed by atoms with Crippen LogP contribution in [0.1, 0.15) is 27.6 Å². The number of ketones is 1. The fraction of sp³-hybridized carbons (Fsp3) is 0.200. The van der Waals surface area contributed by atoms with E-state index in [1.165, 1.54) is 19.1 Å². The van der Waals surface area contributed by atoms with Gasteiger partial charge in [-0.3, -0.25) is 9.59 Å². The highest BCUT2D eigenvalue weighted by Crippen LogP contribution is 2.33. The highest BCUT2D eigenvalue weighted by atomic mass is 79.9. The molecular weight excluding hydrogens is 286 g/mol. The number of ether oxygens (including phenoxy) is 1. The van der Waals surface area contributed by atoms with Gasteiger partial charge in [0.05, 0.1) is 10.0 Å². The first kappa shape index (κ1) is 12.8. The minimum Gasteiger partial charge on any atom is -0.433 e. The zero-order valence-electron chi connectivity index (χ0n) is 8.17. The second kappa shape index (κ2) is 5.16. The molecule has 0 N–H and O–H groups in total. The number of carbonyl (C=O) groups excluding carboxylic acids is 2. The van der Waals surface area contributed by atoms with Crippen molar-refractivity contribution in [2.75, 3.05) is 0 Å². The maximum absolute atomic E-state index is 12.1. The largest absolute Gasteiger partial charge is 0.433 e. The minimum absolute atomic E-state index is 0.0443. The summed E-state index contributed by atoms with van der Waals surface area (Å²) in [6, 6.07) is 2.63. The fourth-order valence-corrected chi connectivity index (χ4v) is 1.88. The van der Waals surface area contributed by atoms with Gasteiger partial charge < -0.3 is 4.74 Å². The number of Topliss-reactive ketones (excluding diaryl/α,β-unsaturated/α-hetero) is 1.